The summed E-state index contributed by atoms with van der Waals surface area (Å²) in [4.78, 5) is 11.1. The molecule has 0 amide bonds. The summed E-state index contributed by atoms with van der Waals surface area (Å²) in [5.41, 5.74) is -0.673. The van der Waals surface area contributed by atoms with E-state index in [0.717, 1.165) is 6.42 Å². The van der Waals surface area contributed by atoms with Crippen LogP contribution < -0.4 is 0 Å². The number of Topliss-reactive ketones (excluding diaryl/α,β-unsaturated/α-hetero) is 1. The topological polar surface area (TPSA) is 71.4 Å². The second kappa shape index (κ2) is 2.09. The highest BCUT2D eigenvalue weighted by atomic mass is 32.2. The summed E-state index contributed by atoms with van der Waals surface area (Å²) in [6.07, 6.45) is 2.08. The van der Waals surface area contributed by atoms with E-state index in [0.29, 0.717) is 12.8 Å². The molecule has 4 nitrogen and oxygen atoms in total. The molecule has 2 unspecified atom stereocenters. The lowest BCUT2D eigenvalue weighted by Gasteiger charge is -2.55. The maximum Gasteiger partial charge on any atom is 0.265 e. The molecule has 0 bridgehead atoms. The van der Waals surface area contributed by atoms with Crippen LogP contribution in [0.15, 0.2) is 0 Å². The fourth-order valence-electron chi connectivity index (χ4n) is 2.25. The predicted octanol–water partition coefficient (Wildman–Crippen LogP) is 0.243. The average Bonchev–Trinajstić information content (AvgIpc) is 1.92. The first-order valence-corrected chi connectivity index (χ1v) is 5.53. The lowest BCUT2D eigenvalue weighted by Crippen LogP contribution is -2.60. The third kappa shape index (κ3) is 0.927. The Labute approximate surface area is 70.7 Å². The first kappa shape index (κ1) is 8.19. The molecule has 0 aromatic heterocycles. The van der Waals surface area contributed by atoms with Crippen LogP contribution in [0.3, 0.4) is 0 Å². The highest BCUT2D eigenvalue weighted by Crippen LogP contribution is 2.58. The van der Waals surface area contributed by atoms with Crippen LogP contribution in [0.2, 0.25) is 0 Å². The average molecular weight is 190 g/mol. The maximum absolute atomic E-state index is 11.1. The van der Waals surface area contributed by atoms with Gasteiger partial charge in [-0.05, 0) is 18.8 Å². The molecule has 0 aromatic carbocycles. The standard InChI is InChI=1S/C7H10O4S/c8-6-3-5-1-2-7(5,6)4-12(9,10)11/h5H,1-4H2,(H,9,10,11). The van der Waals surface area contributed by atoms with E-state index in [9.17, 15) is 13.2 Å². The quantitative estimate of drug-likeness (QED) is 0.633. The Bertz CT molecular complexity index is 331. The van der Waals surface area contributed by atoms with Crippen molar-refractivity contribution in [2.75, 3.05) is 5.75 Å². The van der Waals surface area contributed by atoms with Gasteiger partial charge in [-0.25, -0.2) is 0 Å². The van der Waals surface area contributed by atoms with Crippen molar-refractivity contribution in [1.29, 1.82) is 0 Å². The summed E-state index contributed by atoms with van der Waals surface area (Å²) < 4.78 is 29.7. The molecular weight excluding hydrogens is 180 g/mol. The largest absolute Gasteiger partial charge is 0.299 e. The summed E-state index contributed by atoms with van der Waals surface area (Å²) >= 11 is 0. The van der Waals surface area contributed by atoms with Crippen molar-refractivity contribution in [3.8, 4) is 0 Å². The number of rotatable bonds is 2. The molecule has 5 heteroatoms. The van der Waals surface area contributed by atoms with Crippen molar-refractivity contribution in [1.82, 2.24) is 0 Å². The van der Waals surface area contributed by atoms with Gasteiger partial charge in [0.1, 0.15) is 5.78 Å². The Kier molecular flexibility index (Phi) is 1.42. The molecule has 0 spiro atoms. The van der Waals surface area contributed by atoms with Gasteiger partial charge in [-0.1, -0.05) is 0 Å². The number of hydrogen-bond acceptors (Lipinski definition) is 3. The van der Waals surface area contributed by atoms with Crippen LogP contribution in [-0.2, 0) is 14.9 Å². The van der Waals surface area contributed by atoms with Crippen molar-refractivity contribution >= 4 is 15.9 Å². The van der Waals surface area contributed by atoms with Gasteiger partial charge in [0.05, 0.1) is 5.75 Å². The molecule has 2 atom stereocenters. The van der Waals surface area contributed by atoms with E-state index in [1.165, 1.54) is 0 Å². The first-order chi connectivity index (χ1) is 5.44. The van der Waals surface area contributed by atoms with Crippen molar-refractivity contribution in [2.24, 2.45) is 11.3 Å². The zero-order chi connectivity index (χ0) is 8.98. The smallest absolute Gasteiger partial charge is 0.265 e. The molecule has 2 fully saturated rings. The first-order valence-electron chi connectivity index (χ1n) is 3.92. The Hall–Kier alpha value is -0.420. The molecule has 0 heterocycles. The van der Waals surface area contributed by atoms with Gasteiger partial charge in [0.15, 0.2) is 0 Å². The highest BCUT2D eigenvalue weighted by Gasteiger charge is 2.62. The fourth-order valence-corrected chi connectivity index (χ4v) is 3.45. The van der Waals surface area contributed by atoms with Crippen molar-refractivity contribution < 1.29 is 17.8 Å². The van der Waals surface area contributed by atoms with Gasteiger partial charge in [-0.3, -0.25) is 9.35 Å². The minimum Gasteiger partial charge on any atom is -0.299 e. The van der Waals surface area contributed by atoms with Gasteiger partial charge in [-0.15, -0.1) is 0 Å². The van der Waals surface area contributed by atoms with Crippen LogP contribution in [-0.4, -0.2) is 24.5 Å². The zero-order valence-corrected chi connectivity index (χ0v) is 7.30. The van der Waals surface area contributed by atoms with Gasteiger partial charge >= 0.3 is 0 Å². The van der Waals surface area contributed by atoms with Crippen molar-refractivity contribution in [3.05, 3.63) is 0 Å². The van der Waals surface area contributed by atoms with Crippen LogP contribution in [0.4, 0.5) is 0 Å². The zero-order valence-electron chi connectivity index (χ0n) is 6.49. The predicted molar refractivity (Wildman–Crippen MR) is 41.2 cm³/mol. The van der Waals surface area contributed by atoms with Crippen LogP contribution in [0.25, 0.3) is 0 Å². The summed E-state index contributed by atoms with van der Waals surface area (Å²) in [5, 5.41) is 0. The number of fused-ring (bicyclic) bond motifs is 1. The van der Waals surface area contributed by atoms with Gasteiger partial charge in [0.25, 0.3) is 10.1 Å². The molecule has 0 aliphatic heterocycles. The van der Waals surface area contributed by atoms with Gasteiger partial charge in [-0.2, -0.15) is 8.42 Å². The highest BCUT2D eigenvalue weighted by molar-refractivity contribution is 7.85. The number of carbonyl (C=O) groups is 1. The van der Waals surface area contributed by atoms with Gasteiger partial charge in [0, 0.05) is 11.8 Å². The van der Waals surface area contributed by atoms with Crippen LogP contribution in [0.5, 0.6) is 0 Å². The lowest BCUT2D eigenvalue weighted by atomic mass is 9.48. The number of ketones is 1. The molecule has 68 valence electrons. The third-order valence-electron chi connectivity index (χ3n) is 3.15. The second-order valence-electron chi connectivity index (χ2n) is 3.75. The summed E-state index contributed by atoms with van der Waals surface area (Å²) in [6.45, 7) is 0. The molecule has 2 rings (SSSR count). The van der Waals surface area contributed by atoms with E-state index in [4.69, 9.17) is 4.55 Å². The normalized spacial score (nSPS) is 39.8. The minimum absolute atomic E-state index is 0.0105. The molecule has 0 saturated heterocycles. The second-order valence-corrected chi connectivity index (χ2v) is 5.20. The van der Waals surface area contributed by atoms with E-state index < -0.39 is 15.5 Å². The molecule has 2 aliphatic rings. The van der Waals surface area contributed by atoms with E-state index in [1.807, 2.05) is 0 Å². The van der Waals surface area contributed by atoms with E-state index in [-0.39, 0.29) is 17.5 Å². The summed E-state index contributed by atoms with van der Waals surface area (Å²) in [7, 11) is -3.98. The Balaban J connectivity index is 2.18. The Morgan fingerprint density at radius 3 is 2.42 bits per heavy atom. The Morgan fingerprint density at radius 2 is 2.25 bits per heavy atom. The van der Waals surface area contributed by atoms with Crippen LogP contribution in [0, 0.1) is 11.3 Å². The van der Waals surface area contributed by atoms with Gasteiger partial charge < -0.3 is 0 Å². The number of hydrogen-bond donors (Lipinski definition) is 1. The molecule has 1 N–H and O–H groups in total. The van der Waals surface area contributed by atoms with E-state index in [2.05, 4.69) is 0 Å². The van der Waals surface area contributed by atoms with E-state index in [1.54, 1.807) is 0 Å². The monoisotopic (exact) mass is 190 g/mol. The van der Waals surface area contributed by atoms with Crippen LogP contribution in [0.1, 0.15) is 19.3 Å². The fraction of sp³-hybridized carbons (Fsp3) is 0.857. The maximum atomic E-state index is 11.1. The molecule has 2 saturated carbocycles. The third-order valence-corrected chi connectivity index (χ3v) is 4.03. The molecule has 12 heavy (non-hydrogen) atoms. The van der Waals surface area contributed by atoms with Gasteiger partial charge in [0.2, 0.25) is 0 Å². The summed E-state index contributed by atoms with van der Waals surface area (Å²) in [5.74, 6) is -0.118. The Morgan fingerprint density at radius 1 is 1.58 bits per heavy atom. The van der Waals surface area contributed by atoms with Crippen molar-refractivity contribution in [3.63, 3.8) is 0 Å². The van der Waals surface area contributed by atoms with Crippen molar-refractivity contribution in [2.45, 2.75) is 19.3 Å². The summed E-state index contributed by atoms with van der Waals surface area (Å²) in [6, 6.07) is 0. The molecular formula is C7H10O4S. The SMILES string of the molecule is O=C1CC2CCC12CS(=O)(=O)O. The van der Waals surface area contributed by atoms with E-state index >= 15 is 0 Å². The molecule has 0 radical (unpaired) electrons. The number of carbonyl (C=O) groups excluding carboxylic acids is 1. The molecule has 2 aliphatic carbocycles. The van der Waals surface area contributed by atoms with Crippen LogP contribution >= 0.6 is 0 Å². The minimum atomic E-state index is -3.98. The molecule has 0 aromatic rings. The lowest BCUT2D eigenvalue weighted by molar-refractivity contribution is -0.156.